The van der Waals surface area contributed by atoms with Crippen molar-refractivity contribution in [2.45, 2.75) is 6.10 Å². The highest BCUT2D eigenvalue weighted by Gasteiger charge is 2.18. The molecule has 3 rings (SSSR count). The lowest BCUT2D eigenvalue weighted by atomic mass is 10.2. The fourth-order valence-corrected chi connectivity index (χ4v) is 2.28. The molecule has 90 valence electrons. The topological polar surface area (TPSA) is 63.8 Å². The molecule has 0 spiro atoms. The normalized spacial score (nSPS) is 12.5. The van der Waals surface area contributed by atoms with Gasteiger partial charge in [-0.1, -0.05) is 23.4 Å². The SMILES string of the molecule is OC(c1cscn1)c1cnnn1-c1ccccc1. The third-order valence-electron chi connectivity index (χ3n) is 2.59. The van der Waals surface area contributed by atoms with Gasteiger partial charge in [-0.05, 0) is 12.1 Å². The number of benzene rings is 1. The van der Waals surface area contributed by atoms with Gasteiger partial charge in [0, 0.05) is 5.38 Å². The Morgan fingerprint density at radius 2 is 2.06 bits per heavy atom. The molecule has 2 heterocycles. The van der Waals surface area contributed by atoms with E-state index in [0.717, 1.165) is 5.69 Å². The van der Waals surface area contributed by atoms with Crippen molar-refractivity contribution in [3.8, 4) is 5.69 Å². The highest BCUT2D eigenvalue weighted by molar-refractivity contribution is 7.07. The number of aromatic nitrogens is 4. The van der Waals surface area contributed by atoms with Gasteiger partial charge in [-0.3, -0.25) is 0 Å². The fourth-order valence-electron chi connectivity index (χ4n) is 1.71. The second-order valence-corrected chi connectivity index (χ2v) is 4.44. The van der Waals surface area contributed by atoms with E-state index in [-0.39, 0.29) is 0 Å². The number of para-hydroxylation sites is 1. The zero-order chi connectivity index (χ0) is 12.4. The quantitative estimate of drug-likeness (QED) is 0.778. The predicted octanol–water partition coefficient (Wildman–Crippen LogP) is 1.81. The number of rotatable bonds is 3. The zero-order valence-corrected chi connectivity index (χ0v) is 10.2. The molecule has 18 heavy (non-hydrogen) atoms. The number of hydrogen-bond donors (Lipinski definition) is 1. The zero-order valence-electron chi connectivity index (χ0n) is 9.34. The van der Waals surface area contributed by atoms with Crippen LogP contribution >= 0.6 is 11.3 Å². The van der Waals surface area contributed by atoms with Gasteiger partial charge in [-0.2, -0.15) is 0 Å². The lowest BCUT2D eigenvalue weighted by Crippen LogP contribution is -2.08. The van der Waals surface area contributed by atoms with E-state index in [1.54, 1.807) is 16.4 Å². The van der Waals surface area contributed by atoms with Gasteiger partial charge in [0.05, 0.1) is 28.8 Å². The summed E-state index contributed by atoms with van der Waals surface area (Å²) in [7, 11) is 0. The summed E-state index contributed by atoms with van der Waals surface area (Å²) >= 11 is 1.45. The molecule has 0 saturated heterocycles. The van der Waals surface area contributed by atoms with Crippen LogP contribution in [0.4, 0.5) is 0 Å². The molecular formula is C12H10N4OS. The van der Waals surface area contributed by atoms with Crippen LogP contribution in [0.3, 0.4) is 0 Å². The Morgan fingerprint density at radius 3 is 2.78 bits per heavy atom. The molecule has 3 aromatic rings. The minimum atomic E-state index is -0.813. The molecule has 5 nitrogen and oxygen atoms in total. The van der Waals surface area contributed by atoms with Gasteiger partial charge in [0.15, 0.2) is 0 Å². The Labute approximate surface area is 107 Å². The fraction of sp³-hybridized carbons (Fsp3) is 0.0833. The minimum absolute atomic E-state index is 0.604. The summed E-state index contributed by atoms with van der Waals surface area (Å²) < 4.78 is 1.62. The summed E-state index contributed by atoms with van der Waals surface area (Å²) in [5.74, 6) is 0. The van der Waals surface area contributed by atoms with Gasteiger partial charge >= 0.3 is 0 Å². The monoisotopic (exact) mass is 258 g/mol. The molecule has 0 bridgehead atoms. The van der Waals surface area contributed by atoms with Crippen molar-refractivity contribution in [1.82, 2.24) is 20.0 Å². The first kappa shape index (κ1) is 11.1. The molecule has 0 radical (unpaired) electrons. The Bertz CT molecular complexity index is 621. The molecule has 0 amide bonds. The van der Waals surface area contributed by atoms with Crippen LogP contribution in [-0.4, -0.2) is 25.1 Å². The van der Waals surface area contributed by atoms with E-state index < -0.39 is 6.10 Å². The van der Waals surface area contributed by atoms with Gasteiger partial charge in [-0.25, -0.2) is 9.67 Å². The van der Waals surface area contributed by atoms with E-state index >= 15 is 0 Å². The molecule has 0 saturated carbocycles. The van der Waals surface area contributed by atoms with E-state index in [9.17, 15) is 5.11 Å². The molecule has 0 aliphatic rings. The highest BCUT2D eigenvalue weighted by atomic mass is 32.1. The maximum atomic E-state index is 10.3. The van der Waals surface area contributed by atoms with Crippen molar-refractivity contribution in [2.75, 3.05) is 0 Å². The number of aliphatic hydroxyl groups is 1. The Morgan fingerprint density at radius 1 is 1.22 bits per heavy atom. The molecular weight excluding hydrogens is 248 g/mol. The first-order chi connectivity index (χ1) is 8.86. The molecule has 0 aliphatic carbocycles. The van der Waals surface area contributed by atoms with Crippen LogP contribution in [0.5, 0.6) is 0 Å². The second kappa shape index (κ2) is 4.67. The van der Waals surface area contributed by atoms with Gasteiger partial charge < -0.3 is 5.11 Å². The first-order valence-corrected chi connectivity index (χ1v) is 6.33. The lowest BCUT2D eigenvalue weighted by Gasteiger charge is -2.10. The average molecular weight is 258 g/mol. The Kier molecular flexibility index (Phi) is 2.87. The summed E-state index contributed by atoms with van der Waals surface area (Å²) in [6.45, 7) is 0. The summed E-state index contributed by atoms with van der Waals surface area (Å²) in [4.78, 5) is 4.11. The number of aliphatic hydroxyl groups excluding tert-OH is 1. The molecule has 0 aliphatic heterocycles. The third kappa shape index (κ3) is 1.92. The molecule has 2 aromatic heterocycles. The molecule has 6 heteroatoms. The van der Waals surface area contributed by atoms with Crippen LogP contribution in [0, 0.1) is 0 Å². The van der Waals surface area contributed by atoms with Crippen LogP contribution in [-0.2, 0) is 0 Å². The van der Waals surface area contributed by atoms with Crippen LogP contribution < -0.4 is 0 Å². The maximum absolute atomic E-state index is 10.3. The number of nitrogens with zero attached hydrogens (tertiary/aromatic N) is 4. The smallest absolute Gasteiger partial charge is 0.140 e. The first-order valence-electron chi connectivity index (χ1n) is 5.38. The molecule has 1 aromatic carbocycles. The summed E-state index contributed by atoms with van der Waals surface area (Å²) in [5.41, 5.74) is 3.76. The van der Waals surface area contributed by atoms with Crippen LogP contribution in [0.1, 0.15) is 17.5 Å². The molecule has 1 atom stereocenters. The van der Waals surface area contributed by atoms with Gasteiger partial charge in [0.2, 0.25) is 0 Å². The Hall–Kier alpha value is -2.05. The molecule has 0 fully saturated rings. The van der Waals surface area contributed by atoms with Gasteiger partial charge in [0.1, 0.15) is 6.10 Å². The Balaban J connectivity index is 2.02. The van der Waals surface area contributed by atoms with E-state index in [0.29, 0.717) is 11.4 Å². The third-order valence-corrected chi connectivity index (χ3v) is 3.19. The lowest BCUT2D eigenvalue weighted by molar-refractivity contribution is 0.208. The second-order valence-electron chi connectivity index (χ2n) is 3.72. The largest absolute Gasteiger partial charge is 0.380 e. The van der Waals surface area contributed by atoms with E-state index in [1.165, 1.54) is 11.3 Å². The predicted molar refractivity (Wildman–Crippen MR) is 67.5 cm³/mol. The average Bonchev–Trinajstić information content (AvgIpc) is 3.10. The van der Waals surface area contributed by atoms with Crippen molar-refractivity contribution in [2.24, 2.45) is 0 Å². The van der Waals surface area contributed by atoms with Crippen LogP contribution in [0.15, 0.2) is 47.4 Å². The maximum Gasteiger partial charge on any atom is 0.140 e. The summed E-state index contributed by atoms with van der Waals surface area (Å²) in [6.07, 6.45) is 0.739. The highest BCUT2D eigenvalue weighted by Crippen LogP contribution is 2.22. The standard InChI is InChI=1S/C12H10N4OS/c17-12(10-7-18-8-13-10)11-6-14-15-16(11)9-4-2-1-3-5-9/h1-8,12,17H. The van der Waals surface area contributed by atoms with E-state index in [1.807, 2.05) is 35.7 Å². The molecule has 1 unspecified atom stereocenters. The number of thiazole rings is 1. The van der Waals surface area contributed by atoms with E-state index in [4.69, 9.17) is 0 Å². The summed E-state index contributed by atoms with van der Waals surface area (Å²) in [5, 5.41) is 19.9. The van der Waals surface area contributed by atoms with Crippen molar-refractivity contribution in [3.05, 3.63) is 58.8 Å². The summed E-state index contributed by atoms with van der Waals surface area (Å²) in [6, 6.07) is 9.57. The van der Waals surface area contributed by atoms with Gasteiger partial charge in [-0.15, -0.1) is 16.4 Å². The van der Waals surface area contributed by atoms with Crippen molar-refractivity contribution in [1.29, 1.82) is 0 Å². The minimum Gasteiger partial charge on any atom is -0.380 e. The molecule has 1 N–H and O–H groups in total. The van der Waals surface area contributed by atoms with Gasteiger partial charge in [0.25, 0.3) is 0 Å². The van der Waals surface area contributed by atoms with Crippen molar-refractivity contribution in [3.63, 3.8) is 0 Å². The van der Waals surface area contributed by atoms with Crippen LogP contribution in [0.25, 0.3) is 5.69 Å². The van der Waals surface area contributed by atoms with Crippen molar-refractivity contribution < 1.29 is 5.11 Å². The van der Waals surface area contributed by atoms with Crippen LogP contribution in [0.2, 0.25) is 0 Å². The van der Waals surface area contributed by atoms with Crippen molar-refractivity contribution >= 4 is 11.3 Å². The van der Waals surface area contributed by atoms with E-state index in [2.05, 4.69) is 15.3 Å². The number of hydrogen-bond acceptors (Lipinski definition) is 5.